The van der Waals surface area contributed by atoms with E-state index >= 15 is 0 Å². The molecule has 0 aliphatic heterocycles. The number of thiazole rings is 1. The molecular weight excluding hydrogens is 617 g/mol. The summed E-state index contributed by atoms with van der Waals surface area (Å²) >= 11 is 3.50. The van der Waals surface area contributed by atoms with Crippen molar-refractivity contribution in [1.82, 2.24) is 19.9 Å². The molecule has 10 rings (SSSR count). The fourth-order valence-corrected chi connectivity index (χ4v) is 8.46. The molecule has 0 atom stereocenters. The minimum absolute atomic E-state index is 0.622. The van der Waals surface area contributed by atoms with Crippen molar-refractivity contribution >= 4 is 75.0 Å². The van der Waals surface area contributed by atoms with Crippen LogP contribution in [-0.4, -0.2) is 19.9 Å². The lowest BCUT2D eigenvalue weighted by molar-refractivity contribution is 0.669. The SMILES string of the molecule is c1ccc(-c2nc(-c3ccc4oc5ccccc5c4c3)nc(-c3cccc4c3sc3ccc(-c5nc6ccccc6s5)cc34)n2)cc1. The molecule has 0 unspecified atom stereocenters. The van der Waals surface area contributed by atoms with E-state index in [0.29, 0.717) is 17.5 Å². The molecule has 0 amide bonds. The third kappa shape index (κ3) is 4.35. The second-order valence-corrected chi connectivity index (χ2v) is 13.5. The van der Waals surface area contributed by atoms with Crippen LogP contribution in [0.3, 0.4) is 0 Å². The molecule has 7 heteroatoms. The summed E-state index contributed by atoms with van der Waals surface area (Å²) in [5.74, 6) is 1.91. The Bertz CT molecular complexity index is 2780. The van der Waals surface area contributed by atoms with Crippen molar-refractivity contribution in [3.8, 4) is 44.7 Å². The van der Waals surface area contributed by atoms with Crippen molar-refractivity contribution in [2.75, 3.05) is 0 Å². The van der Waals surface area contributed by atoms with Gasteiger partial charge in [0.1, 0.15) is 16.2 Å². The van der Waals surface area contributed by atoms with Gasteiger partial charge in [-0.3, -0.25) is 0 Å². The fourth-order valence-electron chi connectivity index (χ4n) is 6.31. The maximum absolute atomic E-state index is 6.10. The molecule has 47 heavy (non-hydrogen) atoms. The van der Waals surface area contributed by atoms with E-state index in [2.05, 4.69) is 66.7 Å². The van der Waals surface area contributed by atoms with E-state index in [1.807, 2.05) is 66.7 Å². The highest BCUT2D eigenvalue weighted by Crippen LogP contribution is 2.42. The van der Waals surface area contributed by atoms with Crippen LogP contribution in [0.25, 0.3) is 97.1 Å². The lowest BCUT2D eigenvalue weighted by Gasteiger charge is -2.09. The van der Waals surface area contributed by atoms with Crippen LogP contribution in [0.5, 0.6) is 0 Å². The number of aromatic nitrogens is 4. The zero-order valence-electron chi connectivity index (χ0n) is 24.7. The van der Waals surface area contributed by atoms with Crippen LogP contribution >= 0.6 is 22.7 Å². The van der Waals surface area contributed by atoms with E-state index in [4.69, 9.17) is 24.4 Å². The molecule has 0 saturated heterocycles. The van der Waals surface area contributed by atoms with Gasteiger partial charge in [0.05, 0.1) is 10.2 Å². The van der Waals surface area contributed by atoms with E-state index < -0.39 is 0 Å². The van der Waals surface area contributed by atoms with Gasteiger partial charge in [-0.1, -0.05) is 78.9 Å². The molecule has 4 aromatic heterocycles. The van der Waals surface area contributed by atoms with Gasteiger partial charge in [-0.2, -0.15) is 0 Å². The van der Waals surface area contributed by atoms with Gasteiger partial charge in [-0.25, -0.2) is 19.9 Å². The number of hydrogen-bond donors (Lipinski definition) is 0. The first-order valence-corrected chi connectivity index (χ1v) is 16.9. The van der Waals surface area contributed by atoms with Crippen LogP contribution in [0.1, 0.15) is 0 Å². The third-order valence-electron chi connectivity index (χ3n) is 8.58. The van der Waals surface area contributed by atoms with Gasteiger partial charge in [0.15, 0.2) is 17.5 Å². The molecule has 4 heterocycles. The first-order chi connectivity index (χ1) is 23.2. The molecule has 0 aliphatic rings. The minimum Gasteiger partial charge on any atom is -0.456 e. The number of rotatable bonds is 4. The predicted octanol–water partition coefficient (Wildman–Crippen LogP) is 11.4. The summed E-state index contributed by atoms with van der Waals surface area (Å²) in [4.78, 5) is 20.1. The molecule has 10 aromatic rings. The lowest BCUT2D eigenvalue weighted by Crippen LogP contribution is -2.00. The average molecular weight is 639 g/mol. The molecule has 0 N–H and O–H groups in total. The van der Waals surface area contributed by atoms with Crippen molar-refractivity contribution < 1.29 is 4.42 Å². The maximum atomic E-state index is 6.10. The van der Waals surface area contributed by atoms with Gasteiger partial charge >= 0.3 is 0 Å². The Balaban J connectivity index is 1.16. The second kappa shape index (κ2) is 10.4. The minimum atomic E-state index is 0.622. The monoisotopic (exact) mass is 638 g/mol. The van der Waals surface area contributed by atoms with Gasteiger partial charge in [-0.05, 0) is 54.6 Å². The summed E-state index contributed by atoms with van der Waals surface area (Å²) in [5.41, 5.74) is 6.70. The number of benzene rings is 6. The van der Waals surface area contributed by atoms with E-state index in [1.165, 1.54) is 20.2 Å². The Hall–Kier alpha value is -5.76. The van der Waals surface area contributed by atoms with Crippen molar-refractivity contribution in [3.05, 3.63) is 133 Å². The second-order valence-electron chi connectivity index (χ2n) is 11.5. The first kappa shape index (κ1) is 26.5. The summed E-state index contributed by atoms with van der Waals surface area (Å²) < 4.78 is 9.66. The van der Waals surface area contributed by atoms with Crippen LogP contribution < -0.4 is 0 Å². The highest BCUT2D eigenvalue weighted by atomic mass is 32.1. The Morgan fingerprint density at radius 3 is 2.06 bits per heavy atom. The molecule has 5 nitrogen and oxygen atoms in total. The van der Waals surface area contributed by atoms with Gasteiger partial charge in [-0.15, -0.1) is 22.7 Å². The molecule has 220 valence electrons. The van der Waals surface area contributed by atoms with Gasteiger partial charge in [0.25, 0.3) is 0 Å². The Morgan fingerprint density at radius 1 is 0.426 bits per heavy atom. The van der Waals surface area contributed by atoms with Crippen molar-refractivity contribution in [2.45, 2.75) is 0 Å². The smallest absolute Gasteiger partial charge is 0.165 e. The van der Waals surface area contributed by atoms with Crippen LogP contribution in [0.15, 0.2) is 138 Å². The summed E-state index contributed by atoms with van der Waals surface area (Å²) in [6, 6.07) is 45.8. The molecular formula is C40H22N4OS2. The molecule has 6 aromatic carbocycles. The summed E-state index contributed by atoms with van der Waals surface area (Å²) in [6.07, 6.45) is 0. The number of thiophene rings is 1. The van der Waals surface area contributed by atoms with Crippen molar-refractivity contribution in [1.29, 1.82) is 0 Å². The van der Waals surface area contributed by atoms with Crippen LogP contribution in [-0.2, 0) is 0 Å². The topological polar surface area (TPSA) is 64.7 Å². The summed E-state index contributed by atoms with van der Waals surface area (Å²) in [7, 11) is 0. The average Bonchev–Trinajstić information content (AvgIpc) is 3.84. The first-order valence-electron chi connectivity index (χ1n) is 15.3. The molecule has 0 radical (unpaired) electrons. The maximum Gasteiger partial charge on any atom is 0.165 e. The van der Waals surface area contributed by atoms with E-state index in [9.17, 15) is 0 Å². The molecule has 0 fully saturated rings. The van der Waals surface area contributed by atoms with E-state index in [-0.39, 0.29) is 0 Å². The Morgan fingerprint density at radius 2 is 1.15 bits per heavy atom. The van der Waals surface area contributed by atoms with Crippen LogP contribution in [0.4, 0.5) is 0 Å². The zero-order chi connectivity index (χ0) is 30.9. The number of fused-ring (bicyclic) bond motifs is 7. The third-order valence-corrected chi connectivity index (χ3v) is 10.9. The normalized spacial score (nSPS) is 11.8. The number of hydrogen-bond acceptors (Lipinski definition) is 7. The zero-order valence-corrected chi connectivity index (χ0v) is 26.3. The van der Waals surface area contributed by atoms with E-state index in [0.717, 1.165) is 59.4 Å². The Kier molecular flexibility index (Phi) is 5.85. The molecule has 0 bridgehead atoms. The fraction of sp³-hybridized carbons (Fsp3) is 0. The van der Waals surface area contributed by atoms with Gasteiger partial charge in [0.2, 0.25) is 0 Å². The number of nitrogens with zero attached hydrogens (tertiary/aromatic N) is 4. The molecule has 0 saturated carbocycles. The van der Waals surface area contributed by atoms with Crippen LogP contribution in [0.2, 0.25) is 0 Å². The standard InChI is InChI=1S/C40H22N4OS2/c1-2-9-23(10-3-1)37-42-38(24-17-19-33-29(21-24)26-11-4-6-15-32(26)45-33)44-39(43-37)28-13-8-12-27-30-22-25(18-20-34(30)46-36(27)28)40-41-31-14-5-7-16-35(31)47-40/h1-22H. The molecule has 0 aliphatic carbocycles. The van der Waals surface area contributed by atoms with Gasteiger partial charge < -0.3 is 4.42 Å². The van der Waals surface area contributed by atoms with Crippen molar-refractivity contribution in [2.24, 2.45) is 0 Å². The predicted molar refractivity (Wildman–Crippen MR) is 195 cm³/mol. The van der Waals surface area contributed by atoms with E-state index in [1.54, 1.807) is 22.7 Å². The number of para-hydroxylation sites is 2. The number of furan rings is 1. The van der Waals surface area contributed by atoms with Gasteiger partial charge in [0, 0.05) is 53.2 Å². The highest BCUT2D eigenvalue weighted by molar-refractivity contribution is 7.26. The summed E-state index contributed by atoms with van der Waals surface area (Å²) in [5, 5.41) is 5.53. The van der Waals surface area contributed by atoms with Crippen molar-refractivity contribution in [3.63, 3.8) is 0 Å². The molecule has 0 spiro atoms. The highest BCUT2D eigenvalue weighted by Gasteiger charge is 2.18. The van der Waals surface area contributed by atoms with Crippen LogP contribution in [0, 0.1) is 0 Å². The summed E-state index contributed by atoms with van der Waals surface area (Å²) in [6.45, 7) is 0. The lowest BCUT2D eigenvalue weighted by atomic mass is 10.1. The quantitative estimate of drug-likeness (QED) is 0.192. The Labute approximate surface area is 276 Å². The largest absolute Gasteiger partial charge is 0.456 e.